The number of hydrazine groups is 1. The predicted octanol–water partition coefficient (Wildman–Crippen LogP) is 1.76. The maximum Gasteiger partial charge on any atom is 0.315 e. The molecule has 8 nitrogen and oxygen atoms in total. The normalized spacial score (nSPS) is 10.3. The van der Waals surface area contributed by atoms with Gasteiger partial charge < -0.3 is 9.30 Å². The Morgan fingerprint density at radius 3 is 2.58 bits per heavy atom. The van der Waals surface area contributed by atoms with Crippen LogP contribution in [0.2, 0.25) is 5.02 Å². The van der Waals surface area contributed by atoms with Crippen LogP contribution in [0, 0.1) is 6.92 Å². The molecular formula is C17H19ClN4O4. The molecule has 0 aliphatic rings. The van der Waals surface area contributed by atoms with Crippen molar-refractivity contribution in [2.75, 3.05) is 6.61 Å². The minimum absolute atomic E-state index is 0.178. The molecule has 2 rings (SSSR count). The highest BCUT2D eigenvalue weighted by molar-refractivity contribution is 6.31. The highest BCUT2D eigenvalue weighted by Gasteiger charge is 2.14. The highest BCUT2D eigenvalue weighted by Crippen LogP contribution is 2.25. The van der Waals surface area contributed by atoms with E-state index in [0.29, 0.717) is 10.6 Å². The molecule has 2 amide bonds. The summed E-state index contributed by atoms with van der Waals surface area (Å²) in [4.78, 5) is 39.3. The van der Waals surface area contributed by atoms with Crippen LogP contribution in [0.3, 0.4) is 0 Å². The molecule has 2 N–H and O–H groups in total. The molecule has 9 heteroatoms. The van der Waals surface area contributed by atoms with Crippen LogP contribution in [-0.2, 0) is 21.4 Å². The number of aryl methyl sites for hydroxylation is 1. The summed E-state index contributed by atoms with van der Waals surface area (Å²) in [6.45, 7) is 3.68. The molecule has 0 unspecified atom stereocenters. The summed E-state index contributed by atoms with van der Waals surface area (Å²) >= 11 is 6.11. The van der Waals surface area contributed by atoms with E-state index in [9.17, 15) is 14.4 Å². The lowest BCUT2D eigenvalue weighted by atomic mass is 10.1. The Bertz CT molecular complexity index is 847. The van der Waals surface area contributed by atoms with Crippen LogP contribution in [-0.4, -0.2) is 33.9 Å². The third-order valence-electron chi connectivity index (χ3n) is 3.60. The van der Waals surface area contributed by atoms with Crippen molar-refractivity contribution in [1.29, 1.82) is 0 Å². The molecule has 0 saturated carbocycles. The summed E-state index contributed by atoms with van der Waals surface area (Å²) in [6, 6.07) is 4.82. The fourth-order valence-electron chi connectivity index (χ4n) is 2.22. The predicted molar refractivity (Wildman–Crippen MR) is 95.2 cm³/mol. The van der Waals surface area contributed by atoms with Crippen molar-refractivity contribution in [3.63, 3.8) is 0 Å². The van der Waals surface area contributed by atoms with Crippen LogP contribution in [0.4, 0.5) is 0 Å². The number of hydrogen-bond acceptors (Lipinski definition) is 5. The molecule has 0 radical (unpaired) electrons. The first-order valence-electron chi connectivity index (χ1n) is 7.86. The van der Waals surface area contributed by atoms with Gasteiger partial charge in [-0.25, -0.2) is 4.98 Å². The van der Waals surface area contributed by atoms with E-state index in [1.807, 2.05) is 18.5 Å². The molecule has 1 aromatic carbocycles. The van der Waals surface area contributed by atoms with Gasteiger partial charge in [-0.05, 0) is 32.0 Å². The maximum atomic E-state index is 12.3. The maximum absolute atomic E-state index is 12.3. The van der Waals surface area contributed by atoms with Gasteiger partial charge in [0.2, 0.25) is 5.91 Å². The second kappa shape index (κ2) is 8.48. The van der Waals surface area contributed by atoms with Gasteiger partial charge in [0.15, 0.2) is 0 Å². The Labute approximate surface area is 155 Å². The van der Waals surface area contributed by atoms with E-state index in [4.69, 9.17) is 11.6 Å². The van der Waals surface area contributed by atoms with E-state index in [0.717, 1.165) is 11.5 Å². The third-order valence-corrected chi connectivity index (χ3v) is 3.82. The molecule has 138 valence electrons. The summed E-state index contributed by atoms with van der Waals surface area (Å²) in [5.41, 5.74) is 6.17. The Morgan fingerprint density at radius 1 is 1.23 bits per heavy atom. The molecule has 0 fully saturated rings. The fourth-order valence-corrected chi connectivity index (χ4v) is 2.46. The van der Waals surface area contributed by atoms with Crippen LogP contribution in [0.5, 0.6) is 0 Å². The van der Waals surface area contributed by atoms with Crippen molar-refractivity contribution in [3.8, 4) is 11.3 Å². The lowest BCUT2D eigenvalue weighted by Gasteiger charge is -2.10. The van der Waals surface area contributed by atoms with Crippen LogP contribution in [0.25, 0.3) is 11.3 Å². The van der Waals surface area contributed by atoms with Crippen LogP contribution in [0.1, 0.15) is 29.5 Å². The smallest absolute Gasteiger partial charge is 0.315 e. The van der Waals surface area contributed by atoms with Crippen molar-refractivity contribution in [2.45, 2.75) is 20.3 Å². The number of ether oxygens (including phenoxy) is 1. The number of nitrogens with zero attached hydrogens (tertiary/aromatic N) is 2. The summed E-state index contributed by atoms with van der Waals surface area (Å²) in [5.74, 6) is -1.10. The molecule has 0 atom stereocenters. The number of halogens is 1. The van der Waals surface area contributed by atoms with Crippen molar-refractivity contribution in [2.24, 2.45) is 7.05 Å². The largest absolute Gasteiger partial charge is 0.466 e. The molecule has 0 bridgehead atoms. The summed E-state index contributed by atoms with van der Waals surface area (Å²) in [6.07, 6.45) is 1.20. The van der Waals surface area contributed by atoms with E-state index in [1.54, 1.807) is 25.3 Å². The molecule has 0 aliphatic heterocycles. The topological polar surface area (TPSA) is 102 Å². The minimum atomic E-state index is -0.679. The summed E-state index contributed by atoms with van der Waals surface area (Å²) in [7, 11) is 1.86. The van der Waals surface area contributed by atoms with Crippen molar-refractivity contribution < 1.29 is 19.1 Å². The number of rotatable bonds is 5. The van der Waals surface area contributed by atoms with E-state index in [2.05, 4.69) is 20.6 Å². The van der Waals surface area contributed by atoms with Gasteiger partial charge >= 0.3 is 5.97 Å². The quantitative estimate of drug-likeness (QED) is 0.469. The fraction of sp³-hybridized carbons (Fsp3) is 0.294. The van der Waals surface area contributed by atoms with E-state index >= 15 is 0 Å². The van der Waals surface area contributed by atoms with Crippen LogP contribution in [0.15, 0.2) is 24.4 Å². The monoisotopic (exact) mass is 378 g/mol. The SMILES string of the molecule is CCOC(=O)CC(=O)NNC(=O)c1cc(Cl)cc(-c2cnc(C)n2C)c1. The molecule has 2 aromatic rings. The summed E-state index contributed by atoms with van der Waals surface area (Å²) < 4.78 is 6.53. The zero-order valence-electron chi connectivity index (χ0n) is 14.6. The number of imidazole rings is 1. The van der Waals surface area contributed by atoms with Gasteiger partial charge in [-0.1, -0.05) is 11.6 Å². The molecule has 26 heavy (non-hydrogen) atoms. The van der Waals surface area contributed by atoms with Gasteiger partial charge in [-0.15, -0.1) is 0 Å². The van der Waals surface area contributed by atoms with Crippen LogP contribution >= 0.6 is 11.6 Å². The lowest BCUT2D eigenvalue weighted by Crippen LogP contribution is -2.42. The number of aromatic nitrogens is 2. The second-order valence-electron chi connectivity index (χ2n) is 5.46. The average molecular weight is 379 g/mol. The van der Waals surface area contributed by atoms with Gasteiger partial charge in [0.25, 0.3) is 5.91 Å². The van der Waals surface area contributed by atoms with Crippen molar-refractivity contribution >= 4 is 29.4 Å². The zero-order chi connectivity index (χ0) is 19.3. The number of carbonyl (C=O) groups is 3. The minimum Gasteiger partial charge on any atom is -0.466 e. The van der Waals surface area contributed by atoms with E-state index in [1.165, 1.54) is 6.07 Å². The standard InChI is InChI=1S/C17H19ClN4O4/c1-4-26-16(24)8-15(23)20-21-17(25)12-5-11(6-13(18)7-12)14-9-19-10(2)22(14)3/h5-7,9H,4,8H2,1-3H3,(H,20,23)(H,21,25). The lowest BCUT2D eigenvalue weighted by molar-refractivity contribution is -0.146. The number of hydrogen-bond donors (Lipinski definition) is 2. The Balaban J connectivity index is 2.09. The molecule has 0 aliphatic carbocycles. The first kappa shape index (κ1) is 19.5. The first-order chi connectivity index (χ1) is 12.3. The average Bonchev–Trinajstić information content (AvgIpc) is 2.91. The highest BCUT2D eigenvalue weighted by atomic mass is 35.5. The number of nitrogens with one attached hydrogen (secondary N) is 2. The number of carbonyl (C=O) groups excluding carboxylic acids is 3. The molecule has 0 saturated heterocycles. The van der Waals surface area contributed by atoms with Gasteiger partial charge in [0.05, 0.1) is 18.5 Å². The third kappa shape index (κ3) is 4.82. The van der Waals surface area contributed by atoms with Gasteiger partial charge in [0, 0.05) is 23.2 Å². The van der Waals surface area contributed by atoms with Gasteiger partial charge in [-0.3, -0.25) is 25.2 Å². The molecule has 1 aromatic heterocycles. The molecular weight excluding hydrogens is 360 g/mol. The Kier molecular flexibility index (Phi) is 6.35. The van der Waals surface area contributed by atoms with Gasteiger partial charge in [0.1, 0.15) is 12.2 Å². The van der Waals surface area contributed by atoms with Crippen LogP contribution < -0.4 is 10.9 Å². The van der Waals surface area contributed by atoms with E-state index < -0.39 is 24.2 Å². The summed E-state index contributed by atoms with van der Waals surface area (Å²) in [5, 5.41) is 0.365. The molecule has 1 heterocycles. The van der Waals surface area contributed by atoms with E-state index in [-0.39, 0.29) is 12.2 Å². The van der Waals surface area contributed by atoms with Gasteiger partial charge in [-0.2, -0.15) is 0 Å². The second-order valence-corrected chi connectivity index (χ2v) is 5.90. The zero-order valence-corrected chi connectivity index (χ0v) is 15.4. The molecule has 0 spiro atoms. The first-order valence-corrected chi connectivity index (χ1v) is 8.23. The Morgan fingerprint density at radius 2 is 1.96 bits per heavy atom. The Hall–Kier alpha value is -2.87. The number of esters is 1. The number of amides is 2. The number of benzene rings is 1. The van der Waals surface area contributed by atoms with Crippen molar-refractivity contribution in [1.82, 2.24) is 20.4 Å². The van der Waals surface area contributed by atoms with Crippen molar-refractivity contribution in [3.05, 3.63) is 40.8 Å².